The molecule has 0 saturated carbocycles. The zero-order valence-corrected chi connectivity index (χ0v) is 27.0. The van der Waals surface area contributed by atoms with E-state index in [0.29, 0.717) is 11.3 Å². The molecule has 0 fully saturated rings. The maximum Gasteiger partial charge on any atom is 0.175 e. The number of fused-ring (bicyclic) bond motifs is 2. The minimum absolute atomic E-state index is 0.0719. The predicted octanol–water partition coefficient (Wildman–Crippen LogP) is 8.12. The normalized spacial score (nSPS) is 22.4. The summed E-state index contributed by atoms with van der Waals surface area (Å²) in [4.78, 5) is 0.311. The Morgan fingerprint density at radius 3 is 2.35 bits per heavy atom. The van der Waals surface area contributed by atoms with Gasteiger partial charge in [-0.1, -0.05) is 79.3 Å². The molecule has 6 heteroatoms. The molecule has 0 aliphatic heterocycles. The molecular weight excluding hydrogens is 573 g/mol. The lowest BCUT2D eigenvalue weighted by Gasteiger charge is -2.37. The van der Waals surface area contributed by atoms with Crippen LogP contribution in [0.15, 0.2) is 107 Å². The lowest BCUT2D eigenvalue weighted by Crippen LogP contribution is -2.26. The zero-order valence-electron chi connectivity index (χ0n) is 25.4. The molecule has 3 unspecified atom stereocenters. The van der Waals surface area contributed by atoms with Crippen LogP contribution in [0.2, 0.25) is 0 Å². The lowest BCUT2D eigenvalue weighted by atomic mass is 9.67. The van der Waals surface area contributed by atoms with E-state index < -0.39 is 24.9 Å². The molecule has 0 spiro atoms. The Labute approximate surface area is 256 Å². The van der Waals surface area contributed by atoms with Crippen LogP contribution < -0.4 is 0 Å². The van der Waals surface area contributed by atoms with Crippen LogP contribution in [0.25, 0.3) is 27.5 Å². The summed E-state index contributed by atoms with van der Waals surface area (Å²) in [6.07, 6.45) is 17.7. The van der Waals surface area contributed by atoms with Gasteiger partial charge in [-0.15, -0.1) is 0 Å². The van der Waals surface area contributed by atoms with Crippen LogP contribution in [0.1, 0.15) is 42.9 Å². The molecule has 3 aliphatic carbocycles. The molecular formula is C37H38O4S2. The van der Waals surface area contributed by atoms with E-state index in [-0.39, 0.29) is 11.8 Å². The maximum absolute atomic E-state index is 12.5. The van der Waals surface area contributed by atoms with Gasteiger partial charge < -0.3 is 0 Å². The molecule has 4 nitrogen and oxygen atoms in total. The van der Waals surface area contributed by atoms with Gasteiger partial charge in [-0.3, -0.25) is 0 Å². The van der Waals surface area contributed by atoms with Crippen LogP contribution in [0, 0.1) is 25.7 Å². The molecule has 6 rings (SSSR count). The Morgan fingerprint density at radius 1 is 0.907 bits per heavy atom. The molecule has 3 aromatic rings. The first kappa shape index (κ1) is 29.6. The van der Waals surface area contributed by atoms with E-state index >= 15 is 0 Å². The molecule has 0 amide bonds. The average Bonchev–Trinajstić information content (AvgIpc) is 2.97. The number of benzene rings is 3. The van der Waals surface area contributed by atoms with Gasteiger partial charge in [-0.2, -0.15) is 0 Å². The fraction of sp³-hybridized carbons (Fsp3) is 0.297. The van der Waals surface area contributed by atoms with Gasteiger partial charge in [0.25, 0.3) is 0 Å². The number of sulfone groups is 2. The number of hydrogen-bond donors (Lipinski definition) is 0. The van der Waals surface area contributed by atoms with Crippen molar-refractivity contribution in [2.24, 2.45) is 11.8 Å². The van der Waals surface area contributed by atoms with Crippen molar-refractivity contribution < 1.29 is 16.8 Å². The molecule has 222 valence electrons. The van der Waals surface area contributed by atoms with E-state index in [2.05, 4.69) is 69.3 Å². The Bertz CT molecular complexity index is 2020. The number of rotatable bonds is 5. The summed E-state index contributed by atoms with van der Waals surface area (Å²) < 4.78 is 49.4. The summed E-state index contributed by atoms with van der Waals surface area (Å²) in [6.45, 7) is 6.62. The third kappa shape index (κ3) is 5.40. The third-order valence-corrected chi connectivity index (χ3v) is 12.0. The molecule has 0 aromatic heterocycles. The van der Waals surface area contributed by atoms with E-state index in [4.69, 9.17) is 0 Å². The Hall–Kier alpha value is -3.48. The first-order valence-corrected chi connectivity index (χ1v) is 18.7. The molecule has 0 N–H and O–H groups in total. The zero-order chi connectivity index (χ0) is 30.7. The highest BCUT2D eigenvalue weighted by molar-refractivity contribution is 7.91. The molecule has 0 bridgehead atoms. The van der Waals surface area contributed by atoms with Crippen molar-refractivity contribution in [2.45, 2.75) is 50.2 Å². The second kappa shape index (κ2) is 10.9. The highest BCUT2D eigenvalue weighted by Gasteiger charge is 2.35. The number of aryl methyl sites for hydroxylation is 1. The van der Waals surface area contributed by atoms with Crippen molar-refractivity contribution in [3.05, 3.63) is 118 Å². The Balaban J connectivity index is 1.58. The van der Waals surface area contributed by atoms with Crippen LogP contribution in [-0.4, -0.2) is 34.6 Å². The maximum atomic E-state index is 12.5. The Kier molecular flexibility index (Phi) is 7.50. The summed E-state index contributed by atoms with van der Waals surface area (Å²) in [5.74, 6) is 0.205. The first-order chi connectivity index (χ1) is 20.3. The first-order valence-electron chi connectivity index (χ1n) is 14.9. The van der Waals surface area contributed by atoms with Gasteiger partial charge in [0.2, 0.25) is 0 Å². The summed E-state index contributed by atoms with van der Waals surface area (Å²) in [7, 11) is -6.50. The van der Waals surface area contributed by atoms with Crippen LogP contribution in [0.5, 0.6) is 0 Å². The van der Waals surface area contributed by atoms with Gasteiger partial charge in [-0.25, -0.2) is 16.8 Å². The van der Waals surface area contributed by atoms with E-state index in [0.717, 1.165) is 29.5 Å². The van der Waals surface area contributed by atoms with Gasteiger partial charge in [0.05, 0.1) is 10.1 Å². The van der Waals surface area contributed by atoms with Crippen molar-refractivity contribution in [1.29, 1.82) is 0 Å². The largest absolute Gasteiger partial charge is 0.229 e. The summed E-state index contributed by atoms with van der Waals surface area (Å²) >= 11 is 0. The standard InChI is InChI=1S/C37H38O4S2/c1-23-10-8-15-32-33(23)22-35(26-16-18-29(19-17-26)42(4,38)39)25(3)37(32)36-24(2)34(21-28-11-6-7-14-31(28)36)27-12-9-13-30(20-27)43(5,40)41/h6,8-13,15-19,21-22,24,30,34H,7,14,20H2,1-5H3. The SMILES string of the molecule is Cc1c(-c2ccc(S(C)(=O)=O)cc2)cc2c(C)cccc2c1C1=C2CCC=CC2=CC(C2=CC=CC(S(C)(=O)=O)C2)C1C. The van der Waals surface area contributed by atoms with Crippen LogP contribution >= 0.6 is 0 Å². The average molecular weight is 611 g/mol. The van der Waals surface area contributed by atoms with Gasteiger partial charge in [0, 0.05) is 18.4 Å². The van der Waals surface area contributed by atoms with Crippen LogP contribution in [0.4, 0.5) is 0 Å². The molecule has 43 heavy (non-hydrogen) atoms. The lowest BCUT2D eigenvalue weighted by molar-refractivity contribution is 0.553. The van der Waals surface area contributed by atoms with Gasteiger partial charge in [-0.05, 0) is 113 Å². The molecule has 0 radical (unpaired) electrons. The quantitative estimate of drug-likeness (QED) is 0.293. The second-order valence-electron chi connectivity index (χ2n) is 12.4. The number of hydrogen-bond acceptors (Lipinski definition) is 4. The molecule has 0 saturated heterocycles. The summed E-state index contributed by atoms with van der Waals surface area (Å²) in [6, 6.07) is 15.9. The topological polar surface area (TPSA) is 68.3 Å². The van der Waals surface area contributed by atoms with Gasteiger partial charge in [0.1, 0.15) is 0 Å². The van der Waals surface area contributed by atoms with Crippen molar-refractivity contribution in [3.8, 4) is 11.1 Å². The third-order valence-electron chi connectivity index (χ3n) is 9.46. The van der Waals surface area contributed by atoms with Crippen molar-refractivity contribution >= 4 is 36.0 Å². The van der Waals surface area contributed by atoms with Gasteiger partial charge in [0.15, 0.2) is 19.7 Å². The molecule has 0 heterocycles. The second-order valence-corrected chi connectivity index (χ2v) is 16.6. The van der Waals surface area contributed by atoms with Crippen molar-refractivity contribution in [3.63, 3.8) is 0 Å². The van der Waals surface area contributed by atoms with E-state index in [1.54, 1.807) is 18.2 Å². The molecule has 3 aliphatic rings. The summed E-state index contributed by atoms with van der Waals surface area (Å²) in [5.41, 5.74) is 10.8. The predicted molar refractivity (Wildman–Crippen MR) is 178 cm³/mol. The van der Waals surface area contributed by atoms with Crippen LogP contribution in [-0.2, 0) is 19.7 Å². The highest BCUT2D eigenvalue weighted by Crippen LogP contribution is 2.50. The van der Waals surface area contributed by atoms with E-state index in [9.17, 15) is 16.8 Å². The molecule has 3 aromatic carbocycles. The summed E-state index contributed by atoms with van der Waals surface area (Å²) in [5, 5.41) is 1.89. The monoisotopic (exact) mass is 610 g/mol. The van der Waals surface area contributed by atoms with Crippen molar-refractivity contribution in [2.75, 3.05) is 12.5 Å². The smallest absolute Gasteiger partial charge is 0.175 e. The minimum atomic E-state index is -3.30. The Morgan fingerprint density at radius 2 is 1.65 bits per heavy atom. The molecule has 3 atom stereocenters. The fourth-order valence-corrected chi connectivity index (χ4v) is 8.65. The highest BCUT2D eigenvalue weighted by atomic mass is 32.2. The van der Waals surface area contributed by atoms with Crippen molar-refractivity contribution in [1.82, 2.24) is 0 Å². The van der Waals surface area contributed by atoms with Gasteiger partial charge >= 0.3 is 0 Å². The fourth-order valence-electron chi connectivity index (χ4n) is 7.15. The van der Waals surface area contributed by atoms with E-state index in [1.165, 1.54) is 56.7 Å². The minimum Gasteiger partial charge on any atom is -0.229 e. The number of allylic oxidation sites excluding steroid dienone is 9. The van der Waals surface area contributed by atoms with Crippen LogP contribution in [0.3, 0.4) is 0 Å². The van der Waals surface area contributed by atoms with E-state index in [1.807, 2.05) is 18.2 Å².